The highest BCUT2D eigenvalue weighted by Crippen LogP contribution is 2.26. The van der Waals surface area contributed by atoms with Gasteiger partial charge in [-0.05, 0) is 41.8 Å². The van der Waals surface area contributed by atoms with E-state index in [1.807, 2.05) is 30.3 Å². The Kier molecular flexibility index (Phi) is 9.78. The van der Waals surface area contributed by atoms with Gasteiger partial charge in [-0.25, -0.2) is 9.97 Å². The molecule has 1 unspecified atom stereocenters. The number of anilines is 1. The van der Waals surface area contributed by atoms with E-state index in [4.69, 9.17) is 37.7 Å². The Morgan fingerprint density at radius 3 is 2.55 bits per heavy atom. The van der Waals surface area contributed by atoms with Crippen LogP contribution in [0.4, 0.5) is 5.82 Å². The van der Waals surface area contributed by atoms with Gasteiger partial charge in [-0.2, -0.15) is 4.98 Å². The van der Waals surface area contributed by atoms with E-state index in [0.29, 0.717) is 60.2 Å². The van der Waals surface area contributed by atoms with Crippen LogP contribution in [0.3, 0.4) is 0 Å². The van der Waals surface area contributed by atoms with Crippen LogP contribution >= 0.6 is 23.2 Å². The Bertz CT molecular complexity index is 1490. The number of halogens is 2. The predicted octanol–water partition coefficient (Wildman–Crippen LogP) is 4.43. The SMILES string of the molecule is COc1ccc(CN2CCN(c3cc(Cl)nc(-n4ccnc4)n3)C(CC(=O)NCCc3ccc(OC)c(Cl)c3)C2)cc1. The van der Waals surface area contributed by atoms with Gasteiger partial charge in [-0.15, -0.1) is 0 Å². The molecule has 10 nitrogen and oxygen atoms in total. The molecule has 1 aliphatic rings. The maximum absolute atomic E-state index is 13.2. The average Bonchev–Trinajstić information content (AvgIpc) is 3.53. The van der Waals surface area contributed by atoms with Gasteiger partial charge < -0.3 is 19.7 Å². The van der Waals surface area contributed by atoms with E-state index < -0.39 is 0 Å². The normalized spacial score (nSPS) is 15.4. The Labute approximate surface area is 255 Å². The number of rotatable bonds is 11. The van der Waals surface area contributed by atoms with Crippen LogP contribution in [0.2, 0.25) is 10.2 Å². The average molecular weight is 611 g/mol. The number of hydrogen-bond acceptors (Lipinski definition) is 8. The number of imidazole rings is 1. The summed E-state index contributed by atoms with van der Waals surface area (Å²) in [6.45, 7) is 3.40. The summed E-state index contributed by atoms with van der Waals surface area (Å²) in [5.74, 6) is 2.52. The van der Waals surface area contributed by atoms with Crippen LogP contribution in [0.25, 0.3) is 5.95 Å². The van der Waals surface area contributed by atoms with Gasteiger partial charge >= 0.3 is 0 Å². The lowest BCUT2D eigenvalue weighted by Crippen LogP contribution is -2.54. The molecule has 1 fully saturated rings. The van der Waals surface area contributed by atoms with Crippen LogP contribution in [0, 0.1) is 0 Å². The maximum Gasteiger partial charge on any atom is 0.238 e. The van der Waals surface area contributed by atoms with Crippen LogP contribution in [0.15, 0.2) is 67.3 Å². The summed E-state index contributed by atoms with van der Waals surface area (Å²) in [5, 5.41) is 3.95. The number of amides is 1. The first-order chi connectivity index (χ1) is 20.4. The number of benzene rings is 2. The van der Waals surface area contributed by atoms with Crippen molar-refractivity contribution in [3.8, 4) is 17.4 Å². The van der Waals surface area contributed by atoms with Crippen molar-refractivity contribution in [3.05, 3.63) is 88.6 Å². The van der Waals surface area contributed by atoms with Crippen molar-refractivity contribution in [1.29, 1.82) is 0 Å². The third kappa shape index (κ3) is 7.50. The van der Waals surface area contributed by atoms with Gasteiger partial charge in [0, 0.05) is 57.6 Å². The number of ether oxygens (including phenoxy) is 2. The van der Waals surface area contributed by atoms with Crippen molar-refractivity contribution in [2.45, 2.75) is 25.4 Å². The Hall–Kier alpha value is -3.86. The second-order valence-corrected chi connectivity index (χ2v) is 10.8. The third-order valence-electron chi connectivity index (χ3n) is 7.20. The monoisotopic (exact) mass is 609 g/mol. The molecule has 5 rings (SSSR count). The molecule has 0 aliphatic carbocycles. The summed E-state index contributed by atoms with van der Waals surface area (Å²) < 4.78 is 12.2. The zero-order valence-electron chi connectivity index (χ0n) is 23.5. The quantitative estimate of drug-likeness (QED) is 0.249. The fraction of sp³-hybridized carbons (Fsp3) is 0.333. The lowest BCUT2D eigenvalue weighted by Gasteiger charge is -2.42. The molecule has 1 saturated heterocycles. The van der Waals surface area contributed by atoms with Gasteiger partial charge in [0.2, 0.25) is 11.9 Å². The first-order valence-electron chi connectivity index (χ1n) is 13.7. The number of aromatic nitrogens is 4. The van der Waals surface area contributed by atoms with Crippen LogP contribution in [-0.4, -0.2) is 76.8 Å². The molecule has 1 aliphatic heterocycles. The van der Waals surface area contributed by atoms with Crippen molar-refractivity contribution in [2.24, 2.45) is 0 Å². The van der Waals surface area contributed by atoms with Crippen molar-refractivity contribution in [1.82, 2.24) is 29.7 Å². The minimum atomic E-state index is -0.131. The van der Waals surface area contributed by atoms with Gasteiger partial charge in [0.05, 0.1) is 25.3 Å². The number of carbonyl (C=O) groups excluding carboxylic acids is 1. The first kappa shape index (κ1) is 29.6. The lowest BCUT2D eigenvalue weighted by atomic mass is 10.1. The molecule has 0 spiro atoms. The Morgan fingerprint density at radius 2 is 1.83 bits per heavy atom. The number of nitrogens with zero attached hydrogens (tertiary/aromatic N) is 6. The summed E-state index contributed by atoms with van der Waals surface area (Å²) in [6, 6.07) is 15.3. The van der Waals surface area contributed by atoms with Crippen LogP contribution in [-0.2, 0) is 17.8 Å². The molecule has 0 saturated carbocycles. The molecule has 0 bridgehead atoms. The smallest absolute Gasteiger partial charge is 0.238 e. The second-order valence-electron chi connectivity index (χ2n) is 10.0. The fourth-order valence-corrected chi connectivity index (χ4v) is 5.51. The molecule has 1 N–H and O–H groups in total. The lowest BCUT2D eigenvalue weighted by molar-refractivity contribution is -0.121. The largest absolute Gasteiger partial charge is 0.497 e. The summed E-state index contributed by atoms with van der Waals surface area (Å²) in [6.07, 6.45) is 6.01. The molecule has 3 heterocycles. The Balaban J connectivity index is 1.29. The molecular formula is C30H33Cl2N7O3. The predicted molar refractivity (Wildman–Crippen MR) is 163 cm³/mol. The van der Waals surface area contributed by atoms with E-state index in [0.717, 1.165) is 24.4 Å². The molecular weight excluding hydrogens is 577 g/mol. The van der Waals surface area contributed by atoms with Crippen LogP contribution in [0.1, 0.15) is 17.5 Å². The number of carbonyl (C=O) groups is 1. The maximum atomic E-state index is 13.2. The fourth-order valence-electron chi connectivity index (χ4n) is 5.06. The zero-order valence-corrected chi connectivity index (χ0v) is 25.1. The summed E-state index contributed by atoms with van der Waals surface area (Å²) >= 11 is 12.7. The number of piperazine rings is 1. The van der Waals surface area contributed by atoms with Crippen molar-refractivity contribution in [2.75, 3.05) is 45.3 Å². The molecule has 1 atom stereocenters. The van der Waals surface area contributed by atoms with Gasteiger partial charge in [-0.1, -0.05) is 41.4 Å². The second kappa shape index (κ2) is 13.9. The van der Waals surface area contributed by atoms with E-state index in [9.17, 15) is 4.79 Å². The molecule has 0 radical (unpaired) electrons. The molecule has 220 valence electrons. The van der Waals surface area contributed by atoms with Crippen molar-refractivity contribution < 1.29 is 14.3 Å². The molecule has 12 heteroatoms. The molecule has 1 amide bonds. The van der Waals surface area contributed by atoms with E-state index in [-0.39, 0.29) is 11.9 Å². The highest BCUT2D eigenvalue weighted by atomic mass is 35.5. The minimum absolute atomic E-state index is 0.0362. The first-order valence-corrected chi connectivity index (χ1v) is 14.4. The number of nitrogens with one attached hydrogen (secondary N) is 1. The molecule has 2 aromatic carbocycles. The highest BCUT2D eigenvalue weighted by Gasteiger charge is 2.30. The molecule has 42 heavy (non-hydrogen) atoms. The van der Waals surface area contributed by atoms with Crippen molar-refractivity contribution in [3.63, 3.8) is 0 Å². The number of methoxy groups -OCH3 is 2. The van der Waals surface area contributed by atoms with E-state index in [1.54, 1.807) is 43.6 Å². The van der Waals surface area contributed by atoms with Crippen LogP contribution < -0.4 is 19.7 Å². The van der Waals surface area contributed by atoms with Crippen LogP contribution in [0.5, 0.6) is 11.5 Å². The highest BCUT2D eigenvalue weighted by molar-refractivity contribution is 6.32. The summed E-state index contributed by atoms with van der Waals surface area (Å²) in [4.78, 5) is 31.0. The van der Waals surface area contributed by atoms with Gasteiger partial charge in [0.15, 0.2) is 0 Å². The molecule has 4 aromatic rings. The minimum Gasteiger partial charge on any atom is -0.497 e. The summed E-state index contributed by atoms with van der Waals surface area (Å²) in [5.41, 5.74) is 2.20. The van der Waals surface area contributed by atoms with E-state index in [1.165, 1.54) is 5.56 Å². The third-order valence-corrected chi connectivity index (χ3v) is 7.69. The topological polar surface area (TPSA) is 97.6 Å². The number of hydrogen-bond donors (Lipinski definition) is 1. The zero-order chi connectivity index (χ0) is 29.5. The molecule has 2 aromatic heterocycles. The van der Waals surface area contributed by atoms with Crippen molar-refractivity contribution >= 4 is 34.9 Å². The van der Waals surface area contributed by atoms with Gasteiger partial charge in [-0.3, -0.25) is 14.3 Å². The van der Waals surface area contributed by atoms with E-state index in [2.05, 4.69) is 37.2 Å². The van der Waals surface area contributed by atoms with Gasteiger partial charge in [0.25, 0.3) is 0 Å². The Morgan fingerprint density at radius 1 is 1.02 bits per heavy atom. The summed E-state index contributed by atoms with van der Waals surface area (Å²) in [7, 11) is 3.25. The standard InChI is InChI=1S/C30H33Cl2N7O3/c1-41-24-6-3-22(4-7-24)18-37-13-14-39(28-17-27(32)35-30(36-28)38-12-11-33-20-38)23(19-37)16-29(40)34-10-9-21-5-8-26(42-2)25(31)15-21/h3-8,11-12,15,17,20,23H,9-10,13-14,16,18-19H2,1-2H3,(H,34,40). The van der Waals surface area contributed by atoms with Gasteiger partial charge in [0.1, 0.15) is 28.8 Å². The van der Waals surface area contributed by atoms with E-state index >= 15 is 0 Å².